The Morgan fingerprint density at radius 3 is 2.30 bits per heavy atom. The van der Waals surface area contributed by atoms with E-state index in [2.05, 4.69) is 10.1 Å². The molecule has 33 heavy (non-hydrogen) atoms. The van der Waals surface area contributed by atoms with Gasteiger partial charge in [-0.05, 0) is 57.4 Å². The van der Waals surface area contributed by atoms with Gasteiger partial charge in [0, 0.05) is 18.3 Å². The van der Waals surface area contributed by atoms with Crippen LogP contribution in [0.15, 0.2) is 18.2 Å². The molecule has 0 amide bonds. The first-order chi connectivity index (χ1) is 15.5. The second kappa shape index (κ2) is 11.0. The molecule has 0 saturated heterocycles. The van der Waals surface area contributed by atoms with E-state index in [1.165, 1.54) is 21.3 Å². The van der Waals surface area contributed by atoms with Gasteiger partial charge in [-0.1, -0.05) is 0 Å². The first-order valence-electron chi connectivity index (χ1n) is 10.7. The number of nitrogens with zero attached hydrogens (tertiary/aromatic N) is 1. The molecule has 2 rings (SSSR count). The number of amidine groups is 1. The van der Waals surface area contributed by atoms with E-state index in [0.717, 1.165) is 12.8 Å². The van der Waals surface area contributed by atoms with Gasteiger partial charge < -0.3 is 29.2 Å². The smallest absolute Gasteiger partial charge is 0.338 e. The number of rotatable bonds is 9. The fourth-order valence-corrected chi connectivity index (χ4v) is 3.16. The van der Waals surface area contributed by atoms with Gasteiger partial charge in [0.2, 0.25) is 0 Å². The van der Waals surface area contributed by atoms with Gasteiger partial charge in [-0.2, -0.15) is 0 Å². The van der Waals surface area contributed by atoms with Crippen molar-refractivity contribution in [3.05, 3.63) is 29.3 Å². The van der Waals surface area contributed by atoms with Crippen molar-refractivity contribution in [2.75, 3.05) is 26.6 Å². The minimum atomic E-state index is -0.996. The van der Waals surface area contributed by atoms with Crippen LogP contribution in [0, 0.1) is 5.41 Å². The molecule has 2 N–H and O–H groups in total. The van der Waals surface area contributed by atoms with Gasteiger partial charge in [0.15, 0.2) is 0 Å². The van der Waals surface area contributed by atoms with Crippen molar-refractivity contribution < 1.29 is 33.3 Å². The minimum absolute atomic E-state index is 0.00481. The molecule has 1 aliphatic rings. The highest BCUT2D eigenvalue weighted by molar-refractivity contribution is 5.91. The predicted octanol–water partition coefficient (Wildman–Crippen LogP) is 2.70. The van der Waals surface area contributed by atoms with E-state index in [0.29, 0.717) is 16.8 Å². The van der Waals surface area contributed by atoms with E-state index in [9.17, 15) is 14.4 Å². The molecule has 1 aliphatic carbocycles. The number of nitrogens with one attached hydrogen (secondary N) is 2. The molecule has 1 saturated carbocycles. The lowest BCUT2D eigenvalue weighted by Gasteiger charge is -2.26. The zero-order chi connectivity index (χ0) is 24.8. The average Bonchev–Trinajstić information content (AvgIpc) is 3.60. The van der Waals surface area contributed by atoms with Crippen molar-refractivity contribution in [3.8, 4) is 0 Å². The predicted molar refractivity (Wildman–Crippen MR) is 121 cm³/mol. The molecule has 10 nitrogen and oxygen atoms in total. The topological polar surface area (TPSA) is 127 Å². The summed E-state index contributed by atoms with van der Waals surface area (Å²) < 4.78 is 20.1. The molecule has 1 unspecified atom stereocenters. The van der Waals surface area contributed by atoms with Crippen LogP contribution in [0.4, 0.5) is 5.69 Å². The third-order valence-electron chi connectivity index (χ3n) is 4.94. The number of benzene rings is 1. The SMILES string of the molecule is COC(=N)N(Cc1cc(C(=O)OC(C)(C)C)ccc1NC(CC(=O)OC)C(=O)OC)C1CC1. The number of hydrogen-bond acceptors (Lipinski definition) is 9. The first kappa shape index (κ1) is 26.0. The molecule has 0 bridgehead atoms. The summed E-state index contributed by atoms with van der Waals surface area (Å²) in [4.78, 5) is 38.5. The highest BCUT2D eigenvalue weighted by atomic mass is 16.6. The van der Waals surface area contributed by atoms with Crippen LogP contribution in [-0.2, 0) is 35.1 Å². The van der Waals surface area contributed by atoms with Gasteiger partial charge in [0.1, 0.15) is 11.6 Å². The van der Waals surface area contributed by atoms with Crippen LogP contribution in [0.2, 0.25) is 0 Å². The number of anilines is 1. The minimum Gasteiger partial charge on any atom is -0.469 e. The Balaban J connectivity index is 2.42. The monoisotopic (exact) mass is 463 g/mol. The molecule has 0 radical (unpaired) electrons. The Labute approximate surface area is 194 Å². The Morgan fingerprint density at radius 2 is 1.79 bits per heavy atom. The molecule has 0 heterocycles. The summed E-state index contributed by atoms with van der Waals surface area (Å²) in [7, 11) is 3.90. The summed E-state index contributed by atoms with van der Waals surface area (Å²) in [5.41, 5.74) is 0.804. The Morgan fingerprint density at radius 1 is 1.12 bits per heavy atom. The summed E-state index contributed by atoms with van der Waals surface area (Å²) in [5.74, 6) is -1.70. The molecule has 1 aromatic carbocycles. The van der Waals surface area contributed by atoms with Gasteiger partial charge in [0.25, 0.3) is 6.02 Å². The third-order valence-corrected chi connectivity index (χ3v) is 4.94. The number of esters is 3. The van der Waals surface area contributed by atoms with E-state index < -0.39 is 29.6 Å². The van der Waals surface area contributed by atoms with Crippen LogP contribution in [-0.4, -0.2) is 67.8 Å². The van der Waals surface area contributed by atoms with E-state index in [-0.39, 0.29) is 25.0 Å². The number of hydrogen-bond donors (Lipinski definition) is 2. The quantitative estimate of drug-likeness (QED) is 0.246. The number of methoxy groups -OCH3 is 3. The van der Waals surface area contributed by atoms with E-state index >= 15 is 0 Å². The van der Waals surface area contributed by atoms with Crippen LogP contribution < -0.4 is 5.32 Å². The van der Waals surface area contributed by atoms with Crippen molar-refractivity contribution in [2.45, 2.75) is 64.3 Å². The molecule has 1 atom stereocenters. The van der Waals surface area contributed by atoms with Crippen molar-refractivity contribution in [1.29, 1.82) is 5.41 Å². The molecular weight excluding hydrogens is 430 g/mol. The molecule has 1 aromatic rings. The second-order valence-corrected chi connectivity index (χ2v) is 8.74. The summed E-state index contributed by atoms with van der Waals surface area (Å²) in [5, 5.41) is 11.2. The standard InChI is InChI=1S/C23H33N3O7/c1-23(2,3)33-20(28)14-7-10-17(25-18(21(29)31-5)12-19(27)30-4)15(11-14)13-26(16-8-9-16)22(24)32-6/h7,10-11,16,18,24-25H,8-9,12-13H2,1-6H3. The van der Waals surface area contributed by atoms with Crippen LogP contribution in [0.3, 0.4) is 0 Å². The van der Waals surface area contributed by atoms with Crippen LogP contribution in [0.25, 0.3) is 0 Å². The number of carbonyl (C=O) groups is 3. The lowest BCUT2D eigenvalue weighted by Crippen LogP contribution is -2.35. The summed E-state index contributed by atoms with van der Waals surface area (Å²) >= 11 is 0. The van der Waals surface area contributed by atoms with Crippen molar-refractivity contribution in [2.24, 2.45) is 0 Å². The highest BCUT2D eigenvalue weighted by Crippen LogP contribution is 2.31. The fraction of sp³-hybridized carbons (Fsp3) is 0.565. The molecule has 182 valence electrons. The second-order valence-electron chi connectivity index (χ2n) is 8.74. The maximum absolute atomic E-state index is 12.6. The maximum atomic E-state index is 12.6. The first-order valence-corrected chi connectivity index (χ1v) is 10.7. The maximum Gasteiger partial charge on any atom is 0.338 e. The summed E-state index contributed by atoms with van der Waals surface area (Å²) in [6.45, 7) is 5.60. The molecule has 0 aliphatic heterocycles. The Bertz CT molecular complexity index is 891. The summed E-state index contributed by atoms with van der Waals surface area (Å²) in [6, 6.07) is 4.04. The van der Waals surface area contributed by atoms with Crippen molar-refractivity contribution >= 4 is 29.6 Å². The fourth-order valence-electron chi connectivity index (χ4n) is 3.16. The summed E-state index contributed by atoms with van der Waals surface area (Å²) in [6.07, 6.45) is 1.61. The molecular formula is C23H33N3O7. The van der Waals surface area contributed by atoms with Gasteiger partial charge in [-0.15, -0.1) is 0 Å². The van der Waals surface area contributed by atoms with E-state index in [1.807, 2.05) is 0 Å². The Hall–Kier alpha value is -3.30. The molecule has 0 spiro atoms. The average molecular weight is 464 g/mol. The Kier molecular flexibility index (Phi) is 8.67. The molecule has 1 fully saturated rings. The lowest BCUT2D eigenvalue weighted by molar-refractivity contribution is -0.148. The zero-order valence-corrected chi connectivity index (χ0v) is 20.0. The van der Waals surface area contributed by atoms with Gasteiger partial charge in [-0.3, -0.25) is 10.2 Å². The largest absolute Gasteiger partial charge is 0.469 e. The number of ether oxygens (including phenoxy) is 4. The lowest BCUT2D eigenvalue weighted by atomic mass is 10.1. The van der Waals surface area contributed by atoms with Crippen molar-refractivity contribution in [3.63, 3.8) is 0 Å². The number of carbonyl (C=O) groups excluding carboxylic acids is 3. The van der Waals surface area contributed by atoms with Gasteiger partial charge in [-0.25, -0.2) is 9.59 Å². The van der Waals surface area contributed by atoms with Gasteiger partial charge >= 0.3 is 17.9 Å². The normalized spacial score (nSPS) is 14.0. The highest BCUT2D eigenvalue weighted by Gasteiger charge is 2.33. The van der Waals surface area contributed by atoms with Crippen LogP contribution >= 0.6 is 0 Å². The molecule has 10 heteroatoms. The van der Waals surface area contributed by atoms with E-state index in [4.69, 9.17) is 19.6 Å². The zero-order valence-electron chi connectivity index (χ0n) is 20.0. The molecule has 0 aromatic heterocycles. The van der Waals surface area contributed by atoms with Crippen molar-refractivity contribution in [1.82, 2.24) is 4.90 Å². The third kappa shape index (κ3) is 7.65. The van der Waals surface area contributed by atoms with Gasteiger partial charge in [0.05, 0.1) is 33.3 Å². The van der Waals surface area contributed by atoms with Crippen LogP contribution in [0.1, 0.15) is 56.0 Å². The van der Waals surface area contributed by atoms with E-state index in [1.54, 1.807) is 43.9 Å². The van der Waals surface area contributed by atoms with Crippen LogP contribution in [0.5, 0.6) is 0 Å².